The second-order valence-corrected chi connectivity index (χ2v) is 8.40. The van der Waals surface area contributed by atoms with Crippen LogP contribution in [0.5, 0.6) is 5.75 Å². The summed E-state index contributed by atoms with van der Waals surface area (Å²) < 4.78 is 51.9. The minimum Gasteiger partial charge on any atom is -0.496 e. The Hall–Kier alpha value is -2.76. The number of nitrogens with zero attached hydrogens (tertiary/aromatic N) is 2. The lowest BCUT2D eigenvalue weighted by molar-refractivity contribution is -0.138. The normalized spacial score (nSPS) is 23.2. The molecule has 11 heteroatoms. The fourth-order valence-corrected chi connectivity index (χ4v) is 3.99. The number of nitrogens with one attached hydrogen (secondary N) is 1. The number of halogens is 3. The summed E-state index contributed by atoms with van der Waals surface area (Å²) in [5.41, 5.74) is -1.31. The first kappa shape index (κ1) is 24.9. The monoisotopic (exact) mass is 469 g/mol. The van der Waals surface area contributed by atoms with Crippen molar-refractivity contribution in [3.05, 3.63) is 47.5 Å². The van der Waals surface area contributed by atoms with Gasteiger partial charge in [-0.25, -0.2) is 9.97 Å². The Labute approximate surface area is 188 Å². The number of anilines is 1. The standard InChI is InChI=1S/C22H26F3N3O5/c1-11-16(13-6-5-7-14(17(13)32-4)22(23,24)25)18(33-21(11,2)3)20(31)28-12-8-26-19(27-9-12)15(30)10-29/h5-9,11,15-16,18,29-30H,10H2,1-4H3,(H,28,31)/t11-,15-,16-,18+/m1/s1. The fourth-order valence-electron chi connectivity index (χ4n) is 3.99. The molecule has 1 saturated heterocycles. The highest BCUT2D eigenvalue weighted by Crippen LogP contribution is 2.50. The van der Waals surface area contributed by atoms with Gasteiger partial charge in [0.25, 0.3) is 5.91 Å². The molecular formula is C22H26F3N3O5. The number of methoxy groups -OCH3 is 1. The lowest BCUT2D eigenvalue weighted by Gasteiger charge is -2.26. The number of amides is 1. The van der Waals surface area contributed by atoms with E-state index in [9.17, 15) is 23.1 Å². The molecule has 3 rings (SSSR count). The highest BCUT2D eigenvalue weighted by Gasteiger charge is 2.52. The van der Waals surface area contributed by atoms with E-state index in [0.717, 1.165) is 13.2 Å². The van der Waals surface area contributed by atoms with Crippen LogP contribution in [0.25, 0.3) is 0 Å². The van der Waals surface area contributed by atoms with Crippen LogP contribution in [-0.4, -0.2) is 51.5 Å². The molecule has 0 saturated carbocycles. The number of hydrogen-bond donors (Lipinski definition) is 3. The van der Waals surface area contributed by atoms with E-state index < -0.39 is 48.0 Å². The van der Waals surface area contributed by atoms with Crippen molar-refractivity contribution in [3.63, 3.8) is 0 Å². The molecular weight excluding hydrogens is 443 g/mol. The van der Waals surface area contributed by atoms with Crippen LogP contribution in [0.2, 0.25) is 0 Å². The molecule has 3 N–H and O–H groups in total. The van der Waals surface area contributed by atoms with Crippen molar-refractivity contribution in [3.8, 4) is 5.75 Å². The quantitative estimate of drug-likeness (QED) is 0.596. The molecule has 180 valence electrons. The van der Waals surface area contributed by atoms with E-state index >= 15 is 0 Å². The van der Waals surface area contributed by atoms with Crippen molar-refractivity contribution in [2.45, 2.75) is 50.7 Å². The first-order valence-corrected chi connectivity index (χ1v) is 10.2. The summed E-state index contributed by atoms with van der Waals surface area (Å²) >= 11 is 0. The van der Waals surface area contributed by atoms with E-state index in [1.54, 1.807) is 13.8 Å². The van der Waals surface area contributed by atoms with Gasteiger partial charge in [-0.05, 0) is 25.8 Å². The van der Waals surface area contributed by atoms with Gasteiger partial charge in [-0.1, -0.05) is 19.1 Å². The van der Waals surface area contributed by atoms with Crippen molar-refractivity contribution in [1.29, 1.82) is 0 Å². The third-order valence-electron chi connectivity index (χ3n) is 5.98. The SMILES string of the molecule is COc1c([C@@H]2[C@@H](C(=O)Nc3cnc([C@H](O)CO)nc3)OC(C)(C)[C@@H]2C)cccc1C(F)(F)F. The van der Waals surface area contributed by atoms with E-state index in [-0.39, 0.29) is 28.7 Å². The molecule has 33 heavy (non-hydrogen) atoms. The molecule has 1 amide bonds. The topological polar surface area (TPSA) is 114 Å². The molecule has 0 bridgehead atoms. The first-order valence-electron chi connectivity index (χ1n) is 10.2. The number of aliphatic hydroxyl groups is 2. The molecule has 0 unspecified atom stereocenters. The molecule has 0 aliphatic carbocycles. The van der Waals surface area contributed by atoms with Gasteiger partial charge < -0.3 is 25.0 Å². The number of carbonyl (C=O) groups is 1. The van der Waals surface area contributed by atoms with Gasteiger partial charge in [0, 0.05) is 11.5 Å². The van der Waals surface area contributed by atoms with Gasteiger partial charge >= 0.3 is 6.18 Å². The van der Waals surface area contributed by atoms with E-state index in [4.69, 9.17) is 14.6 Å². The molecule has 1 aliphatic rings. The maximum Gasteiger partial charge on any atom is 0.419 e. The first-order chi connectivity index (χ1) is 15.4. The summed E-state index contributed by atoms with van der Waals surface area (Å²) in [4.78, 5) is 20.9. The van der Waals surface area contributed by atoms with Gasteiger partial charge in [-0.15, -0.1) is 0 Å². The molecule has 1 aromatic heterocycles. The number of carbonyl (C=O) groups excluding carboxylic acids is 1. The number of alkyl halides is 3. The number of rotatable bonds is 6. The van der Waals surface area contributed by atoms with Crippen LogP contribution >= 0.6 is 0 Å². The van der Waals surface area contributed by atoms with Gasteiger partial charge in [0.1, 0.15) is 18.0 Å². The summed E-state index contributed by atoms with van der Waals surface area (Å²) in [6.07, 6.45) is -4.50. The Morgan fingerprint density at radius 2 is 1.94 bits per heavy atom. The van der Waals surface area contributed by atoms with Crippen LogP contribution in [-0.2, 0) is 15.7 Å². The van der Waals surface area contributed by atoms with Crippen LogP contribution in [0.4, 0.5) is 18.9 Å². The Morgan fingerprint density at radius 1 is 1.30 bits per heavy atom. The third-order valence-corrected chi connectivity index (χ3v) is 5.98. The number of benzene rings is 1. The largest absolute Gasteiger partial charge is 0.496 e. The average molecular weight is 469 g/mol. The number of hydrogen-bond acceptors (Lipinski definition) is 7. The second kappa shape index (κ2) is 9.24. The van der Waals surface area contributed by atoms with Crippen molar-refractivity contribution in [1.82, 2.24) is 9.97 Å². The number of ether oxygens (including phenoxy) is 2. The Bertz CT molecular complexity index is 998. The fraction of sp³-hybridized carbons (Fsp3) is 0.500. The van der Waals surface area contributed by atoms with Crippen molar-refractivity contribution in [2.24, 2.45) is 5.92 Å². The second-order valence-electron chi connectivity index (χ2n) is 8.40. The maximum atomic E-state index is 13.6. The highest BCUT2D eigenvalue weighted by atomic mass is 19.4. The number of aliphatic hydroxyl groups excluding tert-OH is 2. The summed E-state index contributed by atoms with van der Waals surface area (Å²) in [6, 6.07) is 3.73. The Morgan fingerprint density at radius 3 is 2.48 bits per heavy atom. The van der Waals surface area contributed by atoms with Crippen LogP contribution in [0, 0.1) is 5.92 Å². The van der Waals surface area contributed by atoms with Crippen LogP contribution in [0.3, 0.4) is 0 Å². The summed E-state index contributed by atoms with van der Waals surface area (Å²) in [5.74, 6) is -2.01. The minimum atomic E-state index is -4.63. The summed E-state index contributed by atoms with van der Waals surface area (Å²) in [7, 11) is 1.16. The predicted molar refractivity (Wildman–Crippen MR) is 112 cm³/mol. The molecule has 4 atom stereocenters. The molecule has 1 aromatic carbocycles. The molecule has 0 radical (unpaired) electrons. The molecule has 8 nitrogen and oxygen atoms in total. The number of aromatic nitrogens is 2. The van der Waals surface area contributed by atoms with Crippen LogP contribution in [0.15, 0.2) is 30.6 Å². The number of para-hydroxylation sites is 1. The zero-order valence-corrected chi connectivity index (χ0v) is 18.6. The Kier molecular flexibility index (Phi) is 6.96. The van der Waals surface area contributed by atoms with Crippen molar-refractivity contribution < 1.29 is 37.7 Å². The molecule has 2 heterocycles. The van der Waals surface area contributed by atoms with E-state index in [1.807, 2.05) is 6.92 Å². The molecule has 0 spiro atoms. The van der Waals surface area contributed by atoms with Gasteiger partial charge in [0.05, 0.1) is 43.0 Å². The smallest absolute Gasteiger partial charge is 0.419 e. The lowest BCUT2D eigenvalue weighted by Crippen LogP contribution is -2.33. The van der Waals surface area contributed by atoms with Gasteiger partial charge in [0.15, 0.2) is 5.82 Å². The van der Waals surface area contributed by atoms with Crippen molar-refractivity contribution in [2.75, 3.05) is 19.0 Å². The third kappa shape index (κ3) is 4.94. The minimum absolute atomic E-state index is 0.0195. The lowest BCUT2D eigenvalue weighted by atomic mass is 9.77. The van der Waals surface area contributed by atoms with Crippen LogP contribution in [0.1, 0.15) is 49.7 Å². The van der Waals surface area contributed by atoms with E-state index in [1.165, 1.54) is 24.5 Å². The zero-order chi connectivity index (χ0) is 24.6. The molecule has 1 fully saturated rings. The van der Waals surface area contributed by atoms with Crippen molar-refractivity contribution >= 4 is 11.6 Å². The van der Waals surface area contributed by atoms with E-state index in [0.29, 0.717) is 0 Å². The maximum absolute atomic E-state index is 13.6. The predicted octanol–water partition coefficient (Wildman–Crippen LogP) is 3.07. The average Bonchev–Trinajstić information content (AvgIpc) is 3.01. The summed E-state index contributed by atoms with van der Waals surface area (Å²) in [6.45, 7) is 4.79. The van der Waals surface area contributed by atoms with Crippen LogP contribution < -0.4 is 10.1 Å². The molecule has 1 aliphatic heterocycles. The van der Waals surface area contributed by atoms with Gasteiger partial charge in [-0.3, -0.25) is 4.79 Å². The highest BCUT2D eigenvalue weighted by molar-refractivity contribution is 5.95. The molecule has 2 aromatic rings. The van der Waals surface area contributed by atoms with Gasteiger partial charge in [0.2, 0.25) is 0 Å². The zero-order valence-electron chi connectivity index (χ0n) is 18.6. The Balaban J connectivity index is 1.96. The van der Waals surface area contributed by atoms with E-state index in [2.05, 4.69) is 15.3 Å². The van der Waals surface area contributed by atoms with Gasteiger partial charge in [-0.2, -0.15) is 13.2 Å². The summed E-state index contributed by atoms with van der Waals surface area (Å²) in [5, 5.41) is 21.2.